The third kappa shape index (κ3) is 20.2. The minimum Gasteiger partial charge on any atom is -0.335 e. The Labute approximate surface area is 382 Å². The van der Waals surface area contributed by atoms with E-state index in [2.05, 4.69) is 92.9 Å². The highest BCUT2D eigenvalue weighted by Gasteiger charge is 2.39. The summed E-state index contributed by atoms with van der Waals surface area (Å²) in [5, 5.41) is 0. The summed E-state index contributed by atoms with van der Waals surface area (Å²) in [4.78, 5) is 87.1. The van der Waals surface area contributed by atoms with Gasteiger partial charge in [-0.2, -0.15) is 0 Å². The zero-order valence-corrected chi connectivity index (χ0v) is 44.7. The topological polar surface area (TPSA) is 115 Å². The van der Waals surface area contributed by atoms with Crippen LogP contribution in [-0.4, -0.2) is 119 Å². The van der Waals surface area contributed by atoms with Gasteiger partial charge in [0.05, 0.1) is 24.2 Å². The van der Waals surface area contributed by atoms with Gasteiger partial charge in [-0.15, -0.1) is 0 Å². The second kappa shape index (κ2) is 29.2. The Bertz CT molecular complexity index is 1370. The zero-order valence-electron chi connectivity index (χ0n) is 44.7. The molecule has 0 aromatic rings. The van der Waals surface area contributed by atoms with Crippen LogP contribution in [0.4, 0.5) is 0 Å². The molecule has 7 atom stereocenters. The number of carbonyl (C=O) groups is 6. The smallest absolute Gasteiger partial charge is 0.226 e. The lowest BCUT2D eigenvalue weighted by Crippen LogP contribution is -2.50. The molecule has 0 aromatic carbocycles. The quantitative estimate of drug-likeness (QED) is 0.0763. The number of ketones is 4. The Balaban J connectivity index is 0. The molecule has 10 nitrogen and oxygen atoms in total. The third-order valence-electron chi connectivity index (χ3n) is 13.0. The molecule has 0 aliphatic carbocycles. The number of Topliss-reactive ketones (excluding diaryl/α,β-unsaturated/α-hetero) is 4. The maximum absolute atomic E-state index is 13.5. The number of hydrogen-bond acceptors (Lipinski definition) is 8. The molecule has 0 bridgehead atoms. The van der Waals surface area contributed by atoms with Gasteiger partial charge in [0.25, 0.3) is 0 Å². The predicted octanol–water partition coefficient (Wildman–Crippen LogP) is 10.1. The molecule has 0 unspecified atom stereocenters. The van der Waals surface area contributed by atoms with Crippen molar-refractivity contribution in [2.45, 2.75) is 213 Å². The molecule has 0 spiro atoms. The fourth-order valence-electron chi connectivity index (χ4n) is 8.15. The summed E-state index contributed by atoms with van der Waals surface area (Å²) in [5.41, 5.74) is 0. The number of carbonyl (C=O) groups excluding carboxylic acids is 6. The van der Waals surface area contributed by atoms with Crippen LogP contribution in [0.2, 0.25) is 0 Å². The van der Waals surface area contributed by atoms with Crippen molar-refractivity contribution in [1.82, 2.24) is 19.6 Å². The van der Waals surface area contributed by atoms with Crippen LogP contribution in [0.3, 0.4) is 0 Å². The first kappa shape index (κ1) is 61.6. The first-order valence-corrected chi connectivity index (χ1v) is 24.4. The van der Waals surface area contributed by atoms with Crippen molar-refractivity contribution in [3.8, 4) is 0 Å². The van der Waals surface area contributed by atoms with Crippen LogP contribution < -0.4 is 0 Å². The first-order valence-electron chi connectivity index (χ1n) is 24.4. The SMILES string of the molecule is CC(C)C[C@@H](C(=O)C(C)C)N(C)C(=O)[C@@H](CC(=O)[C@H](CC(C)C)N(C)C(C)C)C(C)C.CC[C@H](C)[C@@H](C(=O)C[C@H](C(=O)N(C)[C@@H](CC(C)C)C(=O)C(C)C)C(C)C)N(C)C(C)C. The van der Waals surface area contributed by atoms with E-state index >= 15 is 0 Å². The highest BCUT2D eigenvalue weighted by atomic mass is 16.2. The van der Waals surface area contributed by atoms with Gasteiger partial charge in [0.2, 0.25) is 11.8 Å². The van der Waals surface area contributed by atoms with E-state index in [0.717, 1.165) is 12.8 Å². The van der Waals surface area contributed by atoms with Crippen LogP contribution in [-0.2, 0) is 28.8 Å². The number of nitrogens with zero attached hydrogens (tertiary/aromatic N) is 4. The summed E-state index contributed by atoms with van der Waals surface area (Å²) >= 11 is 0. The van der Waals surface area contributed by atoms with E-state index in [1.165, 1.54) is 0 Å². The standard InChI is InChI=1S/2C26H50N2O3/c1-16(2)13-22(27(11)20(9)10)24(29)15-21(18(5)6)26(31)28(12)23(14-17(3)4)25(30)19(7)8;1-13-20(10)24(27(11)19(8)9)23(29)15-21(17(4)5)26(31)28(12)22(14-16(2)3)25(30)18(6)7/h16-23H,13-15H2,1-12H3;16-22,24H,13-15H2,1-12H3/t21-,22-,23-;20-,21-,22-,24-/m00/s1. The van der Waals surface area contributed by atoms with Crippen molar-refractivity contribution in [3.63, 3.8) is 0 Å². The monoisotopic (exact) mass is 877 g/mol. The molecular formula is C52H100N4O6. The average molecular weight is 877 g/mol. The van der Waals surface area contributed by atoms with E-state index in [1.807, 2.05) is 69.5 Å². The van der Waals surface area contributed by atoms with Crippen molar-refractivity contribution in [3.05, 3.63) is 0 Å². The number of rotatable bonds is 28. The lowest BCUT2D eigenvalue weighted by atomic mass is 9.83. The van der Waals surface area contributed by atoms with Gasteiger partial charge in [0, 0.05) is 62.7 Å². The molecule has 0 aliphatic heterocycles. The normalized spacial score (nSPS) is 15.7. The summed E-state index contributed by atoms with van der Waals surface area (Å²) < 4.78 is 0. The fourth-order valence-corrected chi connectivity index (χ4v) is 8.15. The second-order valence-electron chi connectivity index (χ2n) is 21.8. The summed E-state index contributed by atoms with van der Waals surface area (Å²) in [6, 6.07) is -0.766. The van der Waals surface area contributed by atoms with Crippen molar-refractivity contribution >= 4 is 34.9 Å². The van der Waals surface area contributed by atoms with E-state index in [9.17, 15) is 28.8 Å². The van der Waals surface area contributed by atoms with Crippen LogP contribution in [0.1, 0.15) is 177 Å². The minimum absolute atomic E-state index is 0.0229. The second-order valence-corrected chi connectivity index (χ2v) is 21.8. The Kier molecular flexibility index (Phi) is 29.0. The molecule has 0 aromatic heterocycles. The molecule has 0 rings (SSSR count). The minimum atomic E-state index is -0.437. The highest BCUT2D eigenvalue weighted by molar-refractivity contribution is 5.94. The molecular weight excluding hydrogens is 777 g/mol. The van der Waals surface area contributed by atoms with Crippen molar-refractivity contribution in [1.29, 1.82) is 0 Å². The van der Waals surface area contributed by atoms with Crippen molar-refractivity contribution in [2.75, 3.05) is 28.2 Å². The molecule has 62 heavy (non-hydrogen) atoms. The molecule has 0 N–H and O–H groups in total. The van der Waals surface area contributed by atoms with E-state index in [0.29, 0.717) is 30.6 Å². The number of amides is 2. The summed E-state index contributed by atoms with van der Waals surface area (Å²) in [7, 11) is 7.47. The first-order chi connectivity index (χ1) is 28.3. The van der Waals surface area contributed by atoms with Gasteiger partial charge >= 0.3 is 0 Å². The Morgan fingerprint density at radius 1 is 0.419 bits per heavy atom. The molecule has 0 fully saturated rings. The zero-order chi connectivity index (χ0) is 49.3. The number of hydrogen-bond donors (Lipinski definition) is 0. The van der Waals surface area contributed by atoms with E-state index in [-0.39, 0.29) is 102 Å². The lowest BCUT2D eigenvalue weighted by Gasteiger charge is -2.37. The average Bonchev–Trinajstić information content (AvgIpc) is 3.16. The third-order valence-corrected chi connectivity index (χ3v) is 13.0. The molecule has 0 heterocycles. The predicted molar refractivity (Wildman–Crippen MR) is 260 cm³/mol. The largest absolute Gasteiger partial charge is 0.335 e. The van der Waals surface area contributed by atoms with E-state index < -0.39 is 23.9 Å². The molecule has 364 valence electrons. The van der Waals surface area contributed by atoms with Crippen LogP contribution in [0.25, 0.3) is 0 Å². The molecule has 0 saturated carbocycles. The maximum Gasteiger partial charge on any atom is 0.226 e. The van der Waals surface area contributed by atoms with Crippen LogP contribution >= 0.6 is 0 Å². The number of likely N-dealkylation sites (N-methyl/N-ethyl adjacent to an activating group) is 4. The Hall–Kier alpha value is -2.46. The van der Waals surface area contributed by atoms with E-state index in [4.69, 9.17) is 0 Å². The van der Waals surface area contributed by atoms with Crippen molar-refractivity contribution < 1.29 is 28.8 Å². The van der Waals surface area contributed by atoms with Gasteiger partial charge in [-0.1, -0.05) is 117 Å². The molecule has 0 radical (unpaired) electrons. The van der Waals surface area contributed by atoms with Gasteiger partial charge in [0.15, 0.2) is 23.1 Å². The van der Waals surface area contributed by atoms with Crippen LogP contribution in [0, 0.1) is 59.2 Å². The van der Waals surface area contributed by atoms with Gasteiger partial charge in [-0.25, -0.2) is 0 Å². The summed E-state index contributed by atoms with van der Waals surface area (Å²) in [6.45, 7) is 40.6. The molecule has 10 heteroatoms. The van der Waals surface area contributed by atoms with Gasteiger partial charge < -0.3 is 9.80 Å². The van der Waals surface area contributed by atoms with Crippen LogP contribution in [0.15, 0.2) is 0 Å². The van der Waals surface area contributed by atoms with Gasteiger partial charge in [-0.05, 0) is 96.6 Å². The summed E-state index contributed by atoms with van der Waals surface area (Å²) in [6.07, 6.45) is 3.42. The van der Waals surface area contributed by atoms with Gasteiger partial charge in [0.1, 0.15) is 0 Å². The maximum atomic E-state index is 13.5. The molecule has 0 saturated heterocycles. The lowest BCUT2D eigenvalue weighted by molar-refractivity contribution is -0.146. The van der Waals surface area contributed by atoms with E-state index in [1.54, 1.807) is 23.9 Å². The molecule has 0 aliphatic rings. The van der Waals surface area contributed by atoms with Crippen LogP contribution in [0.5, 0.6) is 0 Å². The van der Waals surface area contributed by atoms with Gasteiger partial charge in [-0.3, -0.25) is 38.6 Å². The Morgan fingerprint density at radius 3 is 0.984 bits per heavy atom. The summed E-state index contributed by atoms with van der Waals surface area (Å²) in [5.74, 6) is 0.440. The highest BCUT2D eigenvalue weighted by Crippen LogP contribution is 2.28. The van der Waals surface area contributed by atoms with Crippen molar-refractivity contribution in [2.24, 2.45) is 59.2 Å². The fraction of sp³-hybridized carbons (Fsp3) is 0.885. The Morgan fingerprint density at radius 2 is 0.726 bits per heavy atom. The molecule has 2 amide bonds.